The largest absolute Gasteiger partial charge is 0.510 e. The van der Waals surface area contributed by atoms with E-state index in [4.69, 9.17) is 25.8 Å². The lowest BCUT2D eigenvalue weighted by molar-refractivity contribution is -0.0670. The predicted octanol–water partition coefficient (Wildman–Crippen LogP) is 2.15. The number of nitrogens with zero attached hydrogens (tertiary/aromatic N) is 4. The second-order valence-electron chi connectivity index (χ2n) is 9.28. The number of aromatic nitrogens is 4. The summed E-state index contributed by atoms with van der Waals surface area (Å²) in [5.41, 5.74) is 0.299. The van der Waals surface area contributed by atoms with Crippen LogP contribution in [-0.4, -0.2) is 91.2 Å². The van der Waals surface area contributed by atoms with Gasteiger partial charge in [0.05, 0.1) is 24.3 Å². The Morgan fingerprint density at radius 3 is 2.74 bits per heavy atom. The number of hydrogen-bond acceptors (Lipinski definition) is 13. The third kappa shape index (κ3) is 7.10. The molecule has 0 amide bonds. The second-order valence-corrected chi connectivity index (χ2v) is 11.4. The molecule has 4 rings (SSSR count). The van der Waals surface area contributed by atoms with E-state index in [1.165, 1.54) is 10.9 Å². The van der Waals surface area contributed by atoms with Gasteiger partial charge in [-0.3, -0.25) is 9.09 Å². The molecule has 4 N–H and O–H groups in total. The molecular weight excluding hydrogens is 549 g/mol. The topological polar surface area (TPSA) is 197 Å². The van der Waals surface area contributed by atoms with E-state index in [1.54, 1.807) is 13.8 Å². The van der Waals surface area contributed by atoms with E-state index in [0.29, 0.717) is 16.9 Å². The van der Waals surface area contributed by atoms with Gasteiger partial charge in [-0.1, -0.05) is 12.8 Å². The number of halogens is 1. The summed E-state index contributed by atoms with van der Waals surface area (Å²) in [6, 6.07) is 0.260. The van der Waals surface area contributed by atoms with E-state index in [9.17, 15) is 24.5 Å². The first-order valence-corrected chi connectivity index (χ1v) is 14.2. The Morgan fingerprint density at radius 2 is 2.03 bits per heavy atom. The lowest BCUT2D eigenvalue weighted by atomic mass is 10.1. The Labute approximate surface area is 222 Å². The van der Waals surface area contributed by atoms with Crippen molar-refractivity contribution < 1.29 is 47.9 Å². The highest BCUT2D eigenvalue weighted by molar-refractivity contribution is 7.52. The summed E-state index contributed by atoms with van der Waals surface area (Å²) < 4.78 is 38.3. The summed E-state index contributed by atoms with van der Waals surface area (Å²) in [6.45, 7) is 2.04. The Balaban J connectivity index is 1.34. The van der Waals surface area contributed by atoms with Crippen molar-refractivity contribution in [1.82, 2.24) is 19.7 Å². The summed E-state index contributed by atoms with van der Waals surface area (Å²) in [6.07, 6.45) is -1.49. The molecule has 3 heterocycles. The third-order valence-corrected chi connectivity index (χ3v) is 7.19. The molecule has 1 saturated carbocycles. The van der Waals surface area contributed by atoms with E-state index in [-0.39, 0.29) is 17.9 Å². The maximum atomic E-state index is 12.1. The fourth-order valence-electron chi connectivity index (χ4n) is 4.23. The fourth-order valence-corrected chi connectivity index (χ4v) is 5.03. The highest BCUT2D eigenvalue weighted by Gasteiger charge is 2.45. The molecule has 2 aromatic rings. The number of carbonyl (C=O) groups excluding carboxylic acids is 1. The van der Waals surface area contributed by atoms with E-state index >= 15 is 0 Å². The zero-order valence-electron chi connectivity index (χ0n) is 20.8. The molecule has 17 heteroatoms. The van der Waals surface area contributed by atoms with Crippen LogP contribution in [0.2, 0.25) is 5.28 Å². The lowest BCUT2D eigenvalue weighted by Gasteiger charge is -2.17. The van der Waals surface area contributed by atoms with Gasteiger partial charge in [-0.05, 0) is 38.3 Å². The second kappa shape index (κ2) is 12.4. The number of anilines is 1. The van der Waals surface area contributed by atoms with E-state index in [1.807, 2.05) is 0 Å². The van der Waals surface area contributed by atoms with Gasteiger partial charge in [0.2, 0.25) is 12.1 Å². The standard InChI is InChI=1S/C21H31ClN5O10P/c1-11(2)36-21(30)34-9-35-38(31,32)10-33-8-14-15(28)16(29)19(37-14)27-18-13(7-23-27)17(25-20(22)26-18)24-12-5-3-4-6-12/h7,11-12,14-16,19,28-29H,3-6,8-10H2,1-2H3,(H,31,32)(H,24,25,26)/t14-,15-,16-,19-/m1/s1. The molecule has 5 atom stereocenters. The minimum Gasteiger partial charge on any atom is -0.432 e. The van der Waals surface area contributed by atoms with Gasteiger partial charge in [0.15, 0.2) is 11.9 Å². The average Bonchev–Trinajstić information content (AvgIpc) is 3.55. The number of hydrogen-bond donors (Lipinski definition) is 4. The van der Waals surface area contributed by atoms with E-state index < -0.39 is 57.5 Å². The highest BCUT2D eigenvalue weighted by atomic mass is 35.5. The molecule has 0 aromatic carbocycles. The minimum atomic E-state index is -4.31. The van der Waals surface area contributed by atoms with Crippen molar-refractivity contribution in [3.05, 3.63) is 11.5 Å². The van der Waals surface area contributed by atoms with Crippen LogP contribution in [0, 0.1) is 0 Å². The van der Waals surface area contributed by atoms with Gasteiger partial charge in [-0.25, -0.2) is 9.48 Å². The Kier molecular flexibility index (Phi) is 9.42. The minimum absolute atomic E-state index is 0.0205. The van der Waals surface area contributed by atoms with Gasteiger partial charge in [0.1, 0.15) is 30.5 Å². The molecular formula is C21H31ClN5O10P. The SMILES string of the molecule is CC(C)OC(=O)OCOP(=O)(O)COC[C@H]1O[C@@H](n2ncc3c(NC4CCCC4)nc(Cl)nc32)[C@H](O)[C@@H]1O. The van der Waals surface area contributed by atoms with Gasteiger partial charge in [0.25, 0.3) is 0 Å². The molecule has 2 fully saturated rings. The number of rotatable bonds is 11. The molecule has 2 aromatic heterocycles. The summed E-state index contributed by atoms with van der Waals surface area (Å²) >= 11 is 6.15. The fraction of sp³-hybridized carbons (Fsp3) is 0.714. The first-order valence-electron chi connectivity index (χ1n) is 12.1. The van der Waals surface area contributed by atoms with Gasteiger partial charge >= 0.3 is 13.8 Å². The van der Waals surface area contributed by atoms with Crippen molar-refractivity contribution in [2.75, 3.05) is 25.1 Å². The molecule has 1 aliphatic heterocycles. The van der Waals surface area contributed by atoms with Gasteiger partial charge in [0, 0.05) is 6.04 Å². The highest BCUT2D eigenvalue weighted by Crippen LogP contribution is 2.42. The van der Waals surface area contributed by atoms with Crippen LogP contribution < -0.4 is 5.32 Å². The van der Waals surface area contributed by atoms with Crippen LogP contribution in [0.3, 0.4) is 0 Å². The zero-order chi connectivity index (χ0) is 27.4. The molecule has 2 aliphatic rings. The Hall–Kier alpha value is -2.10. The summed E-state index contributed by atoms with van der Waals surface area (Å²) in [5.74, 6) is 0.520. The normalized spacial score (nSPS) is 25.7. The van der Waals surface area contributed by atoms with Crippen LogP contribution in [-0.2, 0) is 28.0 Å². The molecule has 1 aliphatic carbocycles. The van der Waals surface area contributed by atoms with Crippen molar-refractivity contribution in [3.8, 4) is 0 Å². The summed E-state index contributed by atoms with van der Waals surface area (Å²) in [7, 11) is -4.31. The number of carbonyl (C=O) groups is 1. The van der Waals surface area contributed by atoms with Gasteiger partial charge in [-0.2, -0.15) is 15.1 Å². The number of fused-ring (bicyclic) bond motifs is 1. The Bertz CT molecular complexity index is 1160. The molecule has 212 valence electrons. The van der Waals surface area contributed by atoms with Crippen molar-refractivity contribution in [3.63, 3.8) is 0 Å². The number of aliphatic hydroxyl groups excluding tert-OH is 2. The summed E-state index contributed by atoms with van der Waals surface area (Å²) in [4.78, 5) is 29.7. The van der Waals surface area contributed by atoms with Crippen molar-refractivity contribution in [2.24, 2.45) is 0 Å². The monoisotopic (exact) mass is 579 g/mol. The van der Waals surface area contributed by atoms with E-state index in [0.717, 1.165) is 25.7 Å². The van der Waals surface area contributed by atoms with Crippen molar-refractivity contribution in [2.45, 2.75) is 76.2 Å². The van der Waals surface area contributed by atoms with Crippen LogP contribution in [0.25, 0.3) is 11.0 Å². The average molecular weight is 580 g/mol. The number of nitrogens with one attached hydrogen (secondary N) is 1. The van der Waals surface area contributed by atoms with Crippen molar-refractivity contribution in [1.29, 1.82) is 0 Å². The van der Waals surface area contributed by atoms with Crippen LogP contribution in [0.1, 0.15) is 45.8 Å². The molecule has 1 unspecified atom stereocenters. The lowest BCUT2D eigenvalue weighted by Crippen LogP contribution is -2.34. The molecule has 0 bridgehead atoms. The van der Waals surface area contributed by atoms with E-state index in [2.05, 4.69) is 29.6 Å². The van der Waals surface area contributed by atoms with Gasteiger partial charge in [-0.15, -0.1) is 0 Å². The van der Waals surface area contributed by atoms with Crippen LogP contribution in [0.15, 0.2) is 6.20 Å². The first kappa shape index (κ1) is 28.9. The van der Waals surface area contributed by atoms with Gasteiger partial charge < -0.3 is 39.4 Å². The first-order chi connectivity index (χ1) is 18.0. The maximum Gasteiger partial charge on any atom is 0.510 e. The molecule has 0 radical (unpaired) electrons. The third-order valence-electron chi connectivity index (χ3n) is 6.00. The smallest absolute Gasteiger partial charge is 0.432 e. The predicted molar refractivity (Wildman–Crippen MR) is 131 cm³/mol. The number of aliphatic hydroxyl groups is 2. The number of ether oxygens (including phenoxy) is 4. The van der Waals surface area contributed by atoms with Crippen LogP contribution in [0.5, 0.6) is 0 Å². The summed E-state index contributed by atoms with van der Waals surface area (Å²) in [5, 5.41) is 29.3. The molecule has 38 heavy (non-hydrogen) atoms. The Morgan fingerprint density at radius 1 is 1.29 bits per heavy atom. The van der Waals surface area contributed by atoms with Crippen molar-refractivity contribution >= 4 is 42.2 Å². The van der Waals surface area contributed by atoms with Crippen LogP contribution in [0.4, 0.5) is 10.6 Å². The maximum absolute atomic E-state index is 12.1. The van der Waals surface area contributed by atoms with Crippen LogP contribution >= 0.6 is 19.2 Å². The molecule has 15 nitrogen and oxygen atoms in total. The molecule has 1 saturated heterocycles. The zero-order valence-corrected chi connectivity index (χ0v) is 22.5. The molecule has 0 spiro atoms. The quantitative estimate of drug-likeness (QED) is 0.131.